The van der Waals surface area contributed by atoms with E-state index in [-0.39, 0.29) is 18.2 Å². The van der Waals surface area contributed by atoms with Gasteiger partial charge in [-0.2, -0.15) is 0 Å². The molecule has 2 aromatic carbocycles. The summed E-state index contributed by atoms with van der Waals surface area (Å²) in [6.07, 6.45) is 0.397. The first kappa shape index (κ1) is 19.5. The summed E-state index contributed by atoms with van der Waals surface area (Å²) < 4.78 is 5.24. The third kappa shape index (κ3) is 4.63. The number of aliphatic carboxylic acids is 1. The first-order valence-corrected chi connectivity index (χ1v) is 8.63. The van der Waals surface area contributed by atoms with E-state index in [4.69, 9.17) is 4.74 Å². The number of carboxylic acid groups (broad SMARTS) is 1. The summed E-state index contributed by atoms with van der Waals surface area (Å²) in [6, 6.07) is 16.6. The van der Waals surface area contributed by atoms with Gasteiger partial charge in [0.1, 0.15) is 5.75 Å². The quantitative estimate of drug-likeness (QED) is 0.757. The zero-order chi connectivity index (χ0) is 19.2. The van der Waals surface area contributed by atoms with E-state index in [1.54, 1.807) is 38.3 Å². The van der Waals surface area contributed by atoms with E-state index in [0.29, 0.717) is 17.7 Å². The molecule has 0 heterocycles. The second kappa shape index (κ2) is 8.52. The lowest BCUT2D eigenvalue weighted by atomic mass is 9.86. The monoisotopic (exact) mass is 355 g/mol. The molecule has 0 aromatic heterocycles. The largest absolute Gasteiger partial charge is 0.497 e. The van der Waals surface area contributed by atoms with Crippen LogP contribution >= 0.6 is 0 Å². The highest BCUT2D eigenvalue weighted by molar-refractivity contribution is 5.85. The average molecular weight is 355 g/mol. The van der Waals surface area contributed by atoms with Gasteiger partial charge in [-0.3, -0.25) is 9.59 Å². The Morgan fingerprint density at radius 2 is 1.85 bits per heavy atom. The van der Waals surface area contributed by atoms with Crippen LogP contribution in [0, 0.1) is 0 Å². The second-order valence-corrected chi connectivity index (χ2v) is 6.50. The van der Waals surface area contributed by atoms with Gasteiger partial charge in [-0.15, -0.1) is 0 Å². The molecule has 0 bridgehead atoms. The Bertz CT molecular complexity index is 760. The zero-order valence-electron chi connectivity index (χ0n) is 15.4. The van der Waals surface area contributed by atoms with Crippen LogP contribution < -0.4 is 10.1 Å². The number of nitrogens with one attached hydrogen (secondary N) is 1. The zero-order valence-corrected chi connectivity index (χ0v) is 15.4. The highest BCUT2D eigenvalue weighted by atomic mass is 16.5. The third-order valence-electron chi connectivity index (χ3n) is 4.54. The van der Waals surface area contributed by atoms with E-state index in [2.05, 4.69) is 5.32 Å². The van der Waals surface area contributed by atoms with Crippen molar-refractivity contribution in [1.29, 1.82) is 0 Å². The Kier molecular flexibility index (Phi) is 6.39. The molecule has 0 aliphatic heterocycles. The van der Waals surface area contributed by atoms with Crippen molar-refractivity contribution in [3.63, 3.8) is 0 Å². The fourth-order valence-electron chi connectivity index (χ4n) is 3.10. The van der Waals surface area contributed by atoms with Crippen LogP contribution in [0.3, 0.4) is 0 Å². The topological polar surface area (TPSA) is 75.6 Å². The minimum Gasteiger partial charge on any atom is -0.497 e. The van der Waals surface area contributed by atoms with Crippen LogP contribution in [0.4, 0.5) is 0 Å². The van der Waals surface area contributed by atoms with Crippen LogP contribution in [-0.2, 0) is 15.1 Å². The fraction of sp³-hybridized carbons (Fsp3) is 0.333. The van der Waals surface area contributed by atoms with Gasteiger partial charge in [0.25, 0.3) is 0 Å². The maximum absolute atomic E-state index is 13.0. The van der Waals surface area contributed by atoms with Gasteiger partial charge in [-0.25, -0.2) is 0 Å². The van der Waals surface area contributed by atoms with Crippen LogP contribution in [0.15, 0.2) is 54.6 Å². The summed E-state index contributed by atoms with van der Waals surface area (Å²) in [5.74, 6) is -0.896. The summed E-state index contributed by atoms with van der Waals surface area (Å²) in [7, 11) is 1.55. The van der Waals surface area contributed by atoms with Crippen molar-refractivity contribution in [3.05, 3.63) is 65.7 Å². The molecule has 0 saturated carbocycles. The lowest BCUT2D eigenvalue weighted by Crippen LogP contribution is -2.46. The van der Waals surface area contributed by atoms with Crippen LogP contribution in [0.1, 0.15) is 43.7 Å². The lowest BCUT2D eigenvalue weighted by molar-refractivity contribution is -0.139. The molecule has 26 heavy (non-hydrogen) atoms. The van der Waals surface area contributed by atoms with Gasteiger partial charge in [0.05, 0.1) is 25.0 Å². The molecule has 2 unspecified atom stereocenters. The SMILES string of the molecule is CCC(C(=O)NC(C)(CC(=O)O)c1cccc(OC)c1)c1ccccc1. The van der Waals surface area contributed by atoms with Gasteiger partial charge in [0.15, 0.2) is 0 Å². The fourth-order valence-corrected chi connectivity index (χ4v) is 3.10. The highest BCUT2D eigenvalue weighted by Gasteiger charge is 2.34. The molecule has 2 aromatic rings. The van der Waals surface area contributed by atoms with Gasteiger partial charge in [-0.1, -0.05) is 49.4 Å². The van der Waals surface area contributed by atoms with Crippen LogP contribution in [0.2, 0.25) is 0 Å². The third-order valence-corrected chi connectivity index (χ3v) is 4.54. The Labute approximate surface area is 154 Å². The Morgan fingerprint density at radius 3 is 2.42 bits per heavy atom. The van der Waals surface area contributed by atoms with Gasteiger partial charge < -0.3 is 15.2 Å². The summed E-state index contributed by atoms with van der Waals surface area (Å²) >= 11 is 0. The summed E-state index contributed by atoms with van der Waals surface area (Å²) in [6.45, 7) is 3.67. The van der Waals surface area contributed by atoms with E-state index >= 15 is 0 Å². The Hall–Kier alpha value is -2.82. The molecule has 0 fully saturated rings. The molecule has 0 spiro atoms. The van der Waals surface area contributed by atoms with E-state index in [1.807, 2.05) is 37.3 Å². The molecule has 1 amide bonds. The van der Waals surface area contributed by atoms with Crippen LogP contribution in [-0.4, -0.2) is 24.1 Å². The number of carbonyl (C=O) groups is 2. The molecular formula is C21H25NO4. The lowest BCUT2D eigenvalue weighted by Gasteiger charge is -2.32. The van der Waals surface area contributed by atoms with Crippen LogP contribution in [0.5, 0.6) is 5.75 Å². The van der Waals surface area contributed by atoms with E-state index in [0.717, 1.165) is 5.56 Å². The number of carboxylic acids is 1. The summed E-state index contributed by atoms with van der Waals surface area (Å²) in [5.41, 5.74) is 0.561. The summed E-state index contributed by atoms with van der Waals surface area (Å²) in [4.78, 5) is 24.4. The number of carbonyl (C=O) groups excluding carboxylic acids is 1. The predicted octanol–water partition coefficient (Wildman–Crippen LogP) is 3.70. The number of amides is 1. The molecule has 5 heteroatoms. The Morgan fingerprint density at radius 1 is 1.15 bits per heavy atom. The van der Waals surface area contributed by atoms with Crippen molar-refractivity contribution in [3.8, 4) is 5.75 Å². The van der Waals surface area contributed by atoms with Gasteiger partial charge in [0.2, 0.25) is 5.91 Å². The number of methoxy groups -OCH3 is 1. The van der Waals surface area contributed by atoms with E-state index in [1.165, 1.54) is 0 Å². The first-order valence-electron chi connectivity index (χ1n) is 8.63. The van der Waals surface area contributed by atoms with Crippen LogP contribution in [0.25, 0.3) is 0 Å². The standard InChI is InChI=1S/C21H25NO4/c1-4-18(15-9-6-5-7-10-15)20(25)22-21(2,14-19(23)24)16-11-8-12-17(13-16)26-3/h5-13,18H,4,14H2,1-3H3,(H,22,25)(H,23,24). The Balaban J connectivity index is 2.34. The molecule has 138 valence electrons. The van der Waals surface area contributed by atoms with Crippen molar-refractivity contribution in [1.82, 2.24) is 5.32 Å². The molecule has 0 radical (unpaired) electrons. The van der Waals surface area contributed by atoms with Gasteiger partial charge >= 0.3 is 5.97 Å². The smallest absolute Gasteiger partial charge is 0.306 e. The second-order valence-electron chi connectivity index (χ2n) is 6.50. The average Bonchev–Trinajstić information content (AvgIpc) is 2.62. The minimum absolute atomic E-state index is 0.190. The van der Waals surface area contributed by atoms with Crippen molar-refractivity contribution in [2.45, 2.75) is 38.1 Å². The maximum atomic E-state index is 13.0. The number of hydrogen-bond donors (Lipinski definition) is 2. The maximum Gasteiger partial charge on any atom is 0.306 e. The molecule has 2 rings (SSSR count). The molecular weight excluding hydrogens is 330 g/mol. The number of rotatable bonds is 8. The highest BCUT2D eigenvalue weighted by Crippen LogP contribution is 2.30. The molecule has 5 nitrogen and oxygen atoms in total. The summed E-state index contributed by atoms with van der Waals surface area (Å²) in [5, 5.41) is 12.3. The first-order chi connectivity index (χ1) is 12.4. The number of benzene rings is 2. The van der Waals surface area contributed by atoms with Crippen molar-refractivity contribution in [2.24, 2.45) is 0 Å². The predicted molar refractivity (Wildman–Crippen MR) is 100 cm³/mol. The van der Waals surface area contributed by atoms with Gasteiger partial charge in [0, 0.05) is 0 Å². The van der Waals surface area contributed by atoms with Crippen molar-refractivity contribution < 1.29 is 19.4 Å². The normalized spacial score (nSPS) is 14.1. The van der Waals surface area contributed by atoms with Crippen molar-refractivity contribution in [2.75, 3.05) is 7.11 Å². The molecule has 2 N–H and O–H groups in total. The van der Waals surface area contributed by atoms with Crippen molar-refractivity contribution >= 4 is 11.9 Å². The van der Waals surface area contributed by atoms with E-state index in [9.17, 15) is 14.7 Å². The van der Waals surface area contributed by atoms with Gasteiger partial charge in [-0.05, 0) is 36.6 Å². The van der Waals surface area contributed by atoms with E-state index < -0.39 is 11.5 Å². The number of ether oxygens (including phenoxy) is 1. The number of hydrogen-bond acceptors (Lipinski definition) is 3. The molecule has 2 atom stereocenters. The molecule has 0 aliphatic carbocycles. The minimum atomic E-state index is -1.04. The molecule has 0 saturated heterocycles. The molecule has 0 aliphatic rings.